The smallest absolute Gasteiger partial charge is 0.314 e. The van der Waals surface area contributed by atoms with Gasteiger partial charge in [-0.15, -0.1) is 0 Å². The average molecular weight is 316 g/mol. The van der Waals surface area contributed by atoms with Gasteiger partial charge in [-0.2, -0.15) is 0 Å². The molecule has 1 aromatic rings. The van der Waals surface area contributed by atoms with Crippen molar-refractivity contribution in [3.63, 3.8) is 0 Å². The first-order valence-electron chi connectivity index (χ1n) is 6.55. The summed E-state index contributed by atoms with van der Waals surface area (Å²) in [5.74, 6) is -0.892. The SMILES string of the molecule is CNC(=O)NCC(=O)N[C@@H](c1ccc(Cl)cc1F)C(C)C. The lowest BCUT2D eigenvalue weighted by molar-refractivity contribution is -0.121. The molecule has 0 bridgehead atoms. The van der Waals surface area contributed by atoms with Gasteiger partial charge in [0.1, 0.15) is 5.82 Å². The number of halogens is 2. The standard InChI is InChI=1S/C14H19ClFN3O2/c1-8(2)13(10-5-4-9(15)6-11(10)16)19-12(20)7-18-14(21)17-3/h4-6,8,13H,7H2,1-3H3,(H,19,20)(H2,17,18,21)/t13-/m1/s1. The fourth-order valence-electron chi connectivity index (χ4n) is 1.83. The highest BCUT2D eigenvalue weighted by Crippen LogP contribution is 2.26. The van der Waals surface area contributed by atoms with Crippen LogP contribution in [0.25, 0.3) is 0 Å². The molecule has 0 unspecified atom stereocenters. The lowest BCUT2D eigenvalue weighted by atomic mass is 9.95. The van der Waals surface area contributed by atoms with Crippen LogP contribution in [-0.2, 0) is 4.79 Å². The molecule has 7 heteroatoms. The summed E-state index contributed by atoms with van der Waals surface area (Å²) < 4.78 is 14.0. The summed E-state index contributed by atoms with van der Waals surface area (Å²) in [6.45, 7) is 3.55. The zero-order valence-electron chi connectivity index (χ0n) is 12.2. The highest BCUT2D eigenvalue weighted by molar-refractivity contribution is 6.30. The van der Waals surface area contributed by atoms with Crippen molar-refractivity contribution in [3.8, 4) is 0 Å². The van der Waals surface area contributed by atoms with Crippen molar-refractivity contribution in [1.29, 1.82) is 0 Å². The molecule has 0 aliphatic heterocycles. The van der Waals surface area contributed by atoms with E-state index in [1.807, 2.05) is 13.8 Å². The fourth-order valence-corrected chi connectivity index (χ4v) is 1.99. The van der Waals surface area contributed by atoms with Crippen LogP contribution in [0, 0.1) is 11.7 Å². The second kappa shape index (κ2) is 7.83. The molecule has 1 rings (SSSR count). The van der Waals surface area contributed by atoms with Gasteiger partial charge in [-0.05, 0) is 18.1 Å². The molecule has 0 aliphatic rings. The molecule has 0 radical (unpaired) electrons. The Kier molecular flexibility index (Phi) is 6.42. The number of rotatable bonds is 5. The maximum atomic E-state index is 14.0. The Morgan fingerprint density at radius 1 is 1.33 bits per heavy atom. The van der Waals surface area contributed by atoms with Crippen LogP contribution in [0.5, 0.6) is 0 Å². The molecule has 0 saturated heterocycles. The van der Waals surface area contributed by atoms with Gasteiger partial charge in [0, 0.05) is 17.6 Å². The summed E-state index contributed by atoms with van der Waals surface area (Å²) in [5, 5.41) is 7.72. The molecule has 0 heterocycles. The molecule has 0 fully saturated rings. The van der Waals surface area contributed by atoms with Crippen molar-refractivity contribution >= 4 is 23.5 Å². The molecule has 116 valence electrons. The molecule has 1 atom stereocenters. The fraction of sp³-hybridized carbons (Fsp3) is 0.429. The minimum absolute atomic E-state index is 0.0235. The zero-order chi connectivity index (χ0) is 16.0. The van der Waals surface area contributed by atoms with Crippen molar-refractivity contribution in [2.24, 2.45) is 5.92 Å². The number of urea groups is 1. The normalized spacial score (nSPS) is 11.9. The molecule has 0 saturated carbocycles. The van der Waals surface area contributed by atoms with Crippen molar-refractivity contribution in [2.45, 2.75) is 19.9 Å². The van der Waals surface area contributed by atoms with E-state index in [4.69, 9.17) is 11.6 Å². The minimum Gasteiger partial charge on any atom is -0.347 e. The minimum atomic E-state index is -0.499. The monoisotopic (exact) mass is 315 g/mol. The van der Waals surface area contributed by atoms with E-state index in [9.17, 15) is 14.0 Å². The van der Waals surface area contributed by atoms with Gasteiger partial charge in [0.2, 0.25) is 5.91 Å². The van der Waals surface area contributed by atoms with E-state index >= 15 is 0 Å². The largest absolute Gasteiger partial charge is 0.347 e. The lowest BCUT2D eigenvalue weighted by Crippen LogP contribution is -2.42. The molecule has 3 amide bonds. The van der Waals surface area contributed by atoms with Gasteiger partial charge in [-0.1, -0.05) is 31.5 Å². The third-order valence-corrected chi connectivity index (χ3v) is 3.15. The number of amides is 3. The van der Waals surface area contributed by atoms with E-state index in [2.05, 4.69) is 16.0 Å². The first kappa shape index (κ1) is 17.2. The van der Waals surface area contributed by atoms with E-state index in [0.29, 0.717) is 10.6 Å². The van der Waals surface area contributed by atoms with Gasteiger partial charge >= 0.3 is 6.03 Å². The molecular weight excluding hydrogens is 297 g/mol. The summed E-state index contributed by atoms with van der Waals surface area (Å²) >= 11 is 5.73. The number of nitrogens with one attached hydrogen (secondary N) is 3. The van der Waals surface area contributed by atoms with E-state index in [1.165, 1.54) is 13.1 Å². The first-order valence-corrected chi connectivity index (χ1v) is 6.92. The molecule has 21 heavy (non-hydrogen) atoms. The van der Waals surface area contributed by atoms with Crippen molar-refractivity contribution in [2.75, 3.05) is 13.6 Å². The Bertz CT molecular complexity index is 523. The maximum absolute atomic E-state index is 14.0. The molecule has 0 spiro atoms. The third kappa shape index (κ3) is 5.23. The summed E-state index contributed by atoms with van der Waals surface area (Å²) in [6.07, 6.45) is 0. The number of hydrogen-bond donors (Lipinski definition) is 3. The van der Waals surface area contributed by atoms with E-state index < -0.39 is 23.8 Å². The first-order chi connectivity index (χ1) is 9.85. The Balaban J connectivity index is 2.78. The predicted molar refractivity (Wildman–Crippen MR) is 79.6 cm³/mol. The molecule has 0 aliphatic carbocycles. The van der Waals surface area contributed by atoms with Crippen LogP contribution in [0.2, 0.25) is 5.02 Å². The highest BCUT2D eigenvalue weighted by Gasteiger charge is 2.21. The summed E-state index contributed by atoms with van der Waals surface area (Å²) in [4.78, 5) is 22.8. The van der Waals surface area contributed by atoms with Crippen molar-refractivity contribution in [1.82, 2.24) is 16.0 Å². The van der Waals surface area contributed by atoms with Crippen LogP contribution < -0.4 is 16.0 Å². The van der Waals surface area contributed by atoms with Gasteiger partial charge < -0.3 is 16.0 Å². The summed E-state index contributed by atoms with van der Waals surface area (Å²) in [5.41, 5.74) is 0.364. The second-order valence-electron chi connectivity index (χ2n) is 4.89. The van der Waals surface area contributed by atoms with Gasteiger partial charge in [-0.25, -0.2) is 9.18 Å². The zero-order valence-corrected chi connectivity index (χ0v) is 12.9. The van der Waals surface area contributed by atoms with Crippen LogP contribution in [0.3, 0.4) is 0 Å². The number of benzene rings is 1. The van der Waals surface area contributed by atoms with Crippen LogP contribution in [-0.4, -0.2) is 25.5 Å². The van der Waals surface area contributed by atoms with E-state index in [1.54, 1.807) is 12.1 Å². The quantitative estimate of drug-likeness (QED) is 0.779. The Morgan fingerprint density at radius 3 is 2.52 bits per heavy atom. The Labute approximate surface area is 128 Å². The van der Waals surface area contributed by atoms with Crippen molar-refractivity contribution < 1.29 is 14.0 Å². The van der Waals surface area contributed by atoms with Crippen LogP contribution >= 0.6 is 11.6 Å². The average Bonchev–Trinajstić information content (AvgIpc) is 2.42. The number of carbonyl (C=O) groups excluding carboxylic acids is 2. The van der Waals surface area contributed by atoms with Gasteiger partial charge in [0.25, 0.3) is 0 Å². The number of hydrogen-bond acceptors (Lipinski definition) is 2. The molecular formula is C14H19ClFN3O2. The van der Waals surface area contributed by atoms with Gasteiger partial charge in [-0.3, -0.25) is 4.79 Å². The van der Waals surface area contributed by atoms with Crippen LogP contribution in [0.4, 0.5) is 9.18 Å². The third-order valence-electron chi connectivity index (χ3n) is 2.92. The molecule has 3 N–H and O–H groups in total. The van der Waals surface area contributed by atoms with E-state index in [-0.39, 0.29) is 12.5 Å². The topological polar surface area (TPSA) is 70.2 Å². The van der Waals surface area contributed by atoms with Gasteiger partial charge in [0.05, 0.1) is 12.6 Å². The summed E-state index contributed by atoms with van der Waals surface area (Å²) in [7, 11) is 1.45. The molecule has 5 nitrogen and oxygen atoms in total. The Hall–Kier alpha value is -1.82. The predicted octanol–water partition coefficient (Wildman–Crippen LogP) is 2.22. The second-order valence-corrected chi connectivity index (χ2v) is 5.32. The highest BCUT2D eigenvalue weighted by atomic mass is 35.5. The summed E-state index contributed by atoms with van der Waals surface area (Å²) in [6, 6.07) is 3.38. The van der Waals surface area contributed by atoms with Crippen LogP contribution in [0.15, 0.2) is 18.2 Å². The molecule has 0 aromatic heterocycles. The Morgan fingerprint density at radius 2 is 2.00 bits per heavy atom. The van der Waals surface area contributed by atoms with Crippen LogP contribution in [0.1, 0.15) is 25.5 Å². The number of carbonyl (C=O) groups is 2. The van der Waals surface area contributed by atoms with Crippen molar-refractivity contribution in [3.05, 3.63) is 34.6 Å². The molecule has 1 aromatic carbocycles. The lowest BCUT2D eigenvalue weighted by Gasteiger charge is -2.23. The van der Waals surface area contributed by atoms with Gasteiger partial charge in [0.15, 0.2) is 0 Å². The van der Waals surface area contributed by atoms with E-state index in [0.717, 1.165) is 0 Å². The maximum Gasteiger partial charge on any atom is 0.314 e.